The molecule has 0 saturated carbocycles. The first-order valence-corrected chi connectivity index (χ1v) is 10.1. The van der Waals surface area contributed by atoms with Crippen LogP contribution in [0.3, 0.4) is 0 Å². The summed E-state index contributed by atoms with van der Waals surface area (Å²) in [6.45, 7) is 7.47. The quantitative estimate of drug-likeness (QED) is 0.377. The predicted octanol–water partition coefficient (Wildman–Crippen LogP) is 3.02. The Morgan fingerprint density at radius 1 is 1.20 bits per heavy atom. The van der Waals surface area contributed by atoms with Gasteiger partial charge in [0.15, 0.2) is 5.96 Å². The maximum atomic E-state index is 12.3. The molecule has 25 heavy (non-hydrogen) atoms. The summed E-state index contributed by atoms with van der Waals surface area (Å²) in [6, 6.07) is 7.67. The smallest absolute Gasteiger partial charge is 0.251 e. The zero-order valence-corrected chi connectivity index (χ0v) is 16.9. The second kappa shape index (κ2) is 11.0. The van der Waals surface area contributed by atoms with Crippen molar-refractivity contribution >= 4 is 23.6 Å². The van der Waals surface area contributed by atoms with Crippen molar-refractivity contribution in [3.05, 3.63) is 35.4 Å². The zero-order valence-electron chi connectivity index (χ0n) is 16.1. The third-order valence-electron chi connectivity index (χ3n) is 3.43. The first-order valence-electron chi connectivity index (χ1n) is 8.70. The van der Waals surface area contributed by atoms with Gasteiger partial charge in [0, 0.05) is 31.2 Å². The summed E-state index contributed by atoms with van der Waals surface area (Å²) in [6.07, 6.45) is 4.46. The van der Waals surface area contributed by atoms with E-state index in [9.17, 15) is 4.79 Å². The van der Waals surface area contributed by atoms with Gasteiger partial charge in [-0.05, 0) is 63.3 Å². The minimum Gasteiger partial charge on any atom is -0.356 e. The number of carbonyl (C=O) groups is 1. The molecule has 1 amide bonds. The summed E-state index contributed by atoms with van der Waals surface area (Å²) in [5.41, 5.74) is 1.48. The largest absolute Gasteiger partial charge is 0.356 e. The second-order valence-electron chi connectivity index (χ2n) is 6.96. The highest BCUT2D eigenvalue weighted by Gasteiger charge is 2.15. The van der Waals surface area contributed by atoms with Crippen LogP contribution in [0.4, 0.5) is 0 Å². The van der Waals surface area contributed by atoms with E-state index in [1.807, 2.05) is 56.8 Å². The number of benzene rings is 1. The molecule has 0 atom stereocenters. The van der Waals surface area contributed by atoms with Crippen LogP contribution in [0.15, 0.2) is 29.3 Å². The highest BCUT2D eigenvalue weighted by atomic mass is 32.2. The number of carbonyl (C=O) groups excluding carboxylic acids is 1. The normalized spacial score (nSPS) is 12.0. The van der Waals surface area contributed by atoms with Gasteiger partial charge < -0.3 is 16.0 Å². The van der Waals surface area contributed by atoms with E-state index >= 15 is 0 Å². The first kappa shape index (κ1) is 21.4. The van der Waals surface area contributed by atoms with E-state index in [1.165, 1.54) is 12.2 Å². The van der Waals surface area contributed by atoms with Gasteiger partial charge >= 0.3 is 0 Å². The Hall–Kier alpha value is -1.69. The number of rotatable bonds is 8. The summed E-state index contributed by atoms with van der Waals surface area (Å²) in [7, 11) is 1.77. The molecule has 1 aromatic rings. The number of aliphatic imine (C=N–C) groups is 1. The van der Waals surface area contributed by atoms with Crippen LogP contribution in [0.2, 0.25) is 0 Å². The van der Waals surface area contributed by atoms with Crippen LogP contribution >= 0.6 is 11.8 Å². The summed E-state index contributed by atoms with van der Waals surface area (Å²) >= 11 is 1.87. The molecule has 3 N–H and O–H groups in total. The minimum absolute atomic E-state index is 0.0503. The van der Waals surface area contributed by atoms with Crippen LogP contribution in [0.5, 0.6) is 0 Å². The molecule has 0 heterocycles. The Kier molecular flexibility index (Phi) is 9.42. The average Bonchev–Trinajstić information content (AvgIpc) is 2.56. The van der Waals surface area contributed by atoms with Gasteiger partial charge in [-0.15, -0.1) is 0 Å². The second-order valence-corrected chi connectivity index (χ2v) is 7.94. The van der Waals surface area contributed by atoms with Crippen molar-refractivity contribution in [2.75, 3.05) is 25.6 Å². The number of hydrogen-bond donors (Lipinski definition) is 3. The van der Waals surface area contributed by atoms with E-state index in [-0.39, 0.29) is 11.4 Å². The Bertz CT molecular complexity index is 567. The molecule has 0 aromatic heterocycles. The van der Waals surface area contributed by atoms with Crippen LogP contribution in [-0.4, -0.2) is 43.0 Å². The molecule has 0 radical (unpaired) electrons. The molecule has 140 valence electrons. The molecule has 0 saturated heterocycles. The topological polar surface area (TPSA) is 65.5 Å². The van der Waals surface area contributed by atoms with E-state index in [1.54, 1.807) is 7.05 Å². The highest BCUT2D eigenvalue weighted by molar-refractivity contribution is 7.98. The number of nitrogens with one attached hydrogen (secondary N) is 3. The van der Waals surface area contributed by atoms with Crippen LogP contribution < -0.4 is 16.0 Å². The monoisotopic (exact) mass is 364 g/mol. The van der Waals surface area contributed by atoms with Gasteiger partial charge in [0.1, 0.15) is 0 Å². The van der Waals surface area contributed by atoms with Gasteiger partial charge in [-0.2, -0.15) is 11.8 Å². The Morgan fingerprint density at radius 2 is 1.96 bits per heavy atom. The fraction of sp³-hybridized carbons (Fsp3) is 0.579. The third kappa shape index (κ3) is 9.39. The zero-order chi connectivity index (χ0) is 18.7. The molecular formula is C19H32N4OS. The van der Waals surface area contributed by atoms with Crippen molar-refractivity contribution in [3.8, 4) is 0 Å². The van der Waals surface area contributed by atoms with Crippen molar-refractivity contribution < 1.29 is 4.79 Å². The van der Waals surface area contributed by atoms with Gasteiger partial charge in [0.05, 0.1) is 0 Å². The number of nitrogens with zero attached hydrogens (tertiary/aromatic N) is 1. The maximum Gasteiger partial charge on any atom is 0.251 e. The van der Waals surface area contributed by atoms with E-state index < -0.39 is 0 Å². The van der Waals surface area contributed by atoms with Crippen molar-refractivity contribution in [1.29, 1.82) is 0 Å². The molecule has 0 aliphatic carbocycles. The van der Waals surface area contributed by atoms with E-state index in [0.717, 1.165) is 24.5 Å². The van der Waals surface area contributed by atoms with Crippen LogP contribution in [0.1, 0.15) is 49.5 Å². The standard InChI is InChI=1S/C19H32N4OS/c1-19(2,3)23-17(24)16-10-8-9-15(13-16)14-22-18(20-4)21-11-6-7-12-25-5/h8-10,13H,6-7,11-12,14H2,1-5H3,(H,23,24)(H2,20,21,22). The molecular weight excluding hydrogens is 332 g/mol. The molecule has 0 unspecified atom stereocenters. The molecule has 1 rings (SSSR count). The number of thioether (sulfide) groups is 1. The average molecular weight is 365 g/mol. The van der Waals surface area contributed by atoms with E-state index in [4.69, 9.17) is 0 Å². The fourth-order valence-corrected chi connectivity index (χ4v) is 2.71. The lowest BCUT2D eigenvalue weighted by Gasteiger charge is -2.20. The lowest BCUT2D eigenvalue weighted by atomic mass is 10.1. The number of hydrogen-bond acceptors (Lipinski definition) is 3. The van der Waals surface area contributed by atoms with Gasteiger partial charge in [0.25, 0.3) is 5.91 Å². The Morgan fingerprint density at radius 3 is 2.60 bits per heavy atom. The van der Waals surface area contributed by atoms with Crippen molar-refractivity contribution in [3.63, 3.8) is 0 Å². The third-order valence-corrected chi connectivity index (χ3v) is 4.13. The molecule has 5 nitrogen and oxygen atoms in total. The summed E-state index contributed by atoms with van der Waals surface area (Å²) in [5.74, 6) is 1.93. The maximum absolute atomic E-state index is 12.3. The van der Waals surface area contributed by atoms with Crippen LogP contribution in [-0.2, 0) is 6.54 Å². The molecule has 0 aliphatic heterocycles. The highest BCUT2D eigenvalue weighted by Crippen LogP contribution is 2.08. The summed E-state index contributed by atoms with van der Waals surface area (Å²) in [4.78, 5) is 16.5. The molecule has 0 fully saturated rings. The number of guanidine groups is 1. The van der Waals surface area contributed by atoms with Crippen molar-refractivity contribution in [2.24, 2.45) is 4.99 Å². The van der Waals surface area contributed by atoms with Gasteiger partial charge in [0.2, 0.25) is 0 Å². The Balaban J connectivity index is 2.51. The Labute approximate surface area is 156 Å². The lowest BCUT2D eigenvalue weighted by molar-refractivity contribution is 0.0919. The van der Waals surface area contributed by atoms with Gasteiger partial charge in [-0.25, -0.2) is 0 Å². The van der Waals surface area contributed by atoms with E-state index in [0.29, 0.717) is 12.1 Å². The lowest BCUT2D eigenvalue weighted by Crippen LogP contribution is -2.40. The fourth-order valence-electron chi connectivity index (χ4n) is 2.22. The summed E-state index contributed by atoms with van der Waals surface area (Å²) < 4.78 is 0. The first-order chi connectivity index (χ1) is 11.9. The number of unbranched alkanes of at least 4 members (excludes halogenated alkanes) is 1. The molecule has 0 bridgehead atoms. The molecule has 1 aromatic carbocycles. The SMILES string of the molecule is CN=C(NCCCCSC)NCc1cccc(C(=O)NC(C)(C)C)c1. The molecule has 0 aliphatic rings. The predicted molar refractivity (Wildman–Crippen MR) is 109 cm³/mol. The van der Waals surface area contributed by atoms with Gasteiger partial charge in [-0.3, -0.25) is 9.79 Å². The molecule has 0 spiro atoms. The summed E-state index contributed by atoms with van der Waals surface area (Å²) in [5, 5.41) is 9.60. The van der Waals surface area contributed by atoms with E-state index in [2.05, 4.69) is 27.2 Å². The van der Waals surface area contributed by atoms with Gasteiger partial charge in [-0.1, -0.05) is 12.1 Å². The molecule has 6 heteroatoms. The van der Waals surface area contributed by atoms with Crippen LogP contribution in [0.25, 0.3) is 0 Å². The van der Waals surface area contributed by atoms with Crippen LogP contribution in [0, 0.1) is 0 Å². The van der Waals surface area contributed by atoms with Crippen molar-refractivity contribution in [1.82, 2.24) is 16.0 Å². The minimum atomic E-state index is -0.242. The number of amides is 1. The van der Waals surface area contributed by atoms with Crippen molar-refractivity contribution in [2.45, 2.75) is 45.7 Å².